The highest BCUT2D eigenvalue weighted by atomic mass is 16.8. The van der Waals surface area contributed by atoms with Gasteiger partial charge in [0, 0.05) is 32.8 Å². The van der Waals surface area contributed by atoms with E-state index >= 15 is 0 Å². The van der Waals surface area contributed by atoms with Crippen LogP contribution in [0.25, 0.3) is 0 Å². The quantitative estimate of drug-likeness (QED) is 0.250. The molecule has 1 aliphatic heterocycles. The predicted molar refractivity (Wildman–Crippen MR) is 115 cm³/mol. The SMILES string of the molecule is CCCCC#Cc1ccccc1C(=O)OC1O[C@H](COC(C)=O)[C@@H](OC(C)=O)[C@H]1OC(C)=O. The van der Waals surface area contributed by atoms with Gasteiger partial charge in [0.15, 0.2) is 6.10 Å². The molecule has 0 N–H and O–H groups in total. The van der Waals surface area contributed by atoms with Gasteiger partial charge in [-0.2, -0.15) is 0 Å². The highest BCUT2D eigenvalue weighted by molar-refractivity contribution is 5.92. The number of carbonyl (C=O) groups is 4. The Hall–Kier alpha value is -3.38. The van der Waals surface area contributed by atoms with Gasteiger partial charge in [-0.25, -0.2) is 4.79 Å². The van der Waals surface area contributed by atoms with E-state index in [1.165, 1.54) is 13.8 Å². The summed E-state index contributed by atoms with van der Waals surface area (Å²) in [5, 5.41) is 0. The lowest BCUT2D eigenvalue weighted by Gasteiger charge is -2.23. The molecule has 9 nitrogen and oxygen atoms in total. The molecule has 1 aromatic rings. The third kappa shape index (κ3) is 7.91. The molecule has 9 heteroatoms. The summed E-state index contributed by atoms with van der Waals surface area (Å²) in [7, 11) is 0. The van der Waals surface area contributed by atoms with Gasteiger partial charge in [-0.05, 0) is 18.6 Å². The topological polar surface area (TPSA) is 114 Å². The minimum absolute atomic E-state index is 0.208. The van der Waals surface area contributed by atoms with Crippen molar-refractivity contribution in [2.75, 3.05) is 6.61 Å². The lowest BCUT2D eigenvalue weighted by atomic mass is 10.1. The van der Waals surface area contributed by atoms with Crippen molar-refractivity contribution in [3.8, 4) is 11.8 Å². The van der Waals surface area contributed by atoms with Crippen LogP contribution in [0.1, 0.15) is 62.9 Å². The second-order valence-corrected chi connectivity index (χ2v) is 7.35. The lowest BCUT2D eigenvalue weighted by molar-refractivity contribution is -0.175. The molecular formula is C24H28O9. The Balaban J connectivity index is 2.26. The van der Waals surface area contributed by atoms with E-state index in [9.17, 15) is 19.2 Å². The predicted octanol–water partition coefficient (Wildman–Crippen LogP) is 2.54. The molecule has 1 fully saturated rings. The van der Waals surface area contributed by atoms with E-state index in [4.69, 9.17) is 23.7 Å². The maximum atomic E-state index is 12.9. The molecule has 1 aromatic carbocycles. The van der Waals surface area contributed by atoms with Gasteiger partial charge in [-0.3, -0.25) is 14.4 Å². The summed E-state index contributed by atoms with van der Waals surface area (Å²) in [6.07, 6.45) is -2.15. The van der Waals surface area contributed by atoms with Crippen LogP contribution in [0.15, 0.2) is 24.3 Å². The van der Waals surface area contributed by atoms with Crippen LogP contribution < -0.4 is 0 Å². The van der Waals surface area contributed by atoms with Gasteiger partial charge >= 0.3 is 23.9 Å². The highest BCUT2D eigenvalue weighted by Crippen LogP contribution is 2.29. The van der Waals surface area contributed by atoms with Crippen molar-refractivity contribution >= 4 is 23.9 Å². The van der Waals surface area contributed by atoms with Crippen molar-refractivity contribution in [2.45, 2.75) is 71.6 Å². The third-order valence-corrected chi connectivity index (χ3v) is 4.57. The lowest BCUT2D eigenvalue weighted by Crippen LogP contribution is -2.42. The molecule has 0 spiro atoms. The average Bonchev–Trinajstić information content (AvgIpc) is 3.05. The summed E-state index contributed by atoms with van der Waals surface area (Å²) in [4.78, 5) is 47.4. The van der Waals surface area contributed by atoms with Crippen molar-refractivity contribution in [1.82, 2.24) is 0 Å². The Morgan fingerprint density at radius 2 is 1.61 bits per heavy atom. The highest BCUT2D eigenvalue weighted by Gasteiger charge is 2.51. The molecule has 0 aliphatic carbocycles. The minimum Gasteiger partial charge on any atom is -0.463 e. The molecule has 1 unspecified atom stereocenters. The summed E-state index contributed by atoms with van der Waals surface area (Å²) < 4.78 is 26.6. The molecule has 33 heavy (non-hydrogen) atoms. The Bertz CT molecular complexity index is 927. The van der Waals surface area contributed by atoms with E-state index in [0.717, 1.165) is 19.8 Å². The van der Waals surface area contributed by atoms with Gasteiger partial charge < -0.3 is 23.7 Å². The number of ether oxygens (including phenoxy) is 5. The summed E-state index contributed by atoms with van der Waals surface area (Å²) in [5.74, 6) is 3.28. The number of hydrogen-bond donors (Lipinski definition) is 0. The molecule has 1 heterocycles. The van der Waals surface area contributed by atoms with Crippen LogP contribution in [-0.2, 0) is 38.1 Å². The average molecular weight is 460 g/mol. The number of esters is 4. The van der Waals surface area contributed by atoms with Crippen LogP contribution in [0.3, 0.4) is 0 Å². The van der Waals surface area contributed by atoms with Crippen LogP contribution in [0.4, 0.5) is 0 Å². The Morgan fingerprint density at radius 1 is 0.939 bits per heavy atom. The molecule has 1 aliphatic rings. The first-order valence-electron chi connectivity index (χ1n) is 10.6. The largest absolute Gasteiger partial charge is 0.463 e. The van der Waals surface area contributed by atoms with E-state index in [0.29, 0.717) is 12.0 Å². The molecule has 0 bridgehead atoms. The monoisotopic (exact) mass is 460 g/mol. The molecule has 178 valence electrons. The minimum atomic E-state index is -1.40. The number of carbonyl (C=O) groups excluding carboxylic acids is 4. The van der Waals surface area contributed by atoms with Gasteiger partial charge in [0.1, 0.15) is 12.7 Å². The van der Waals surface area contributed by atoms with E-state index in [1.807, 2.05) is 0 Å². The normalized spacial score (nSPS) is 21.3. The zero-order valence-corrected chi connectivity index (χ0v) is 19.1. The Kier molecular flexibility index (Phi) is 9.88. The molecule has 2 rings (SSSR count). The van der Waals surface area contributed by atoms with Crippen LogP contribution >= 0.6 is 0 Å². The fourth-order valence-electron chi connectivity index (χ4n) is 3.13. The van der Waals surface area contributed by atoms with Crippen molar-refractivity contribution in [2.24, 2.45) is 0 Å². The number of rotatable bonds is 8. The van der Waals surface area contributed by atoms with Gasteiger partial charge in [-0.1, -0.05) is 37.3 Å². The number of unbranched alkanes of at least 4 members (excludes halogenated alkanes) is 2. The standard InChI is InChI=1S/C24H28O9/c1-5-6-7-8-11-18-12-9-10-13-19(18)23(28)33-24-22(31-17(4)27)21(30-16(3)26)20(32-24)14-29-15(2)25/h9-10,12-13,20-22,24H,5-7,14H2,1-4H3/t20-,21-,22-,24?/m1/s1. The van der Waals surface area contributed by atoms with E-state index < -0.39 is 48.5 Å². The maximum Gasteiger partial charge on any atom is 0.341 e. The van der Waals surface area contributed by atoms with E-state index in [2.05, 4.69) is 18.8 Å². The number of benzene rings is 1. The first kappa shape index (κ1) is 25.9. The maximum absolute atomic E-state index is 12.9. The third-order valence-electron chi connectivity index (χ3n) is 4.57. The first-order valence-corrected chi connectivity index (χ1v) is 10.6. The van der Waals surface area contributed by atoms with Crippen molar-refractivity contribution in [3.63, 3.8) is 0 Å². The van der Waals surface area contributed by atoms with Crippen LogP contribution in [0.5, 0.6) is 0 Å². The molecular weight excluding hydrogens is 432 g/mol. The van der Waals surface area contributed by atoms with Crippen LogP contribution in [0, 0.1) is 11.8 Å². The van der Waals surface area contributed by atoms with E-state index in [1.54, 1.807) is 24.3 Å². The molecule has 0 amide bonds. The molecule has 0 saturated carbocycles. The second kappa shape index (κ2) is 12.6. The van der Waals surface area contributed by atoms with Crippen LogP contribution in [0.2, 0.25) is 0 Å². The van der Waals surface area contributed by atoms with Gasteiger partial charge in [0.05, 0.1) is 5.56 Å². The van der Waals surface area contributed by atoms with Crippen LogP contribution in [-0.4, -0.2) is 55.1 Å². The summed E-state index contributed by atoms with van der Waals surface area (Å²) >= 11 is 0. The summed E-state index contributed by atoms with van der Waals surface area (Å²) in [6.45, 7) is 5.30. The second-order valence-electron chi connectivity index (χ2n) is 7.35. The smallest absolute Gasteiger partial charge is 0.341 e. The molecule has 1 saturated heterocycles. The summed E-state index contributed by atoms with van der Waals surface area (Å²) in [6, 6.07) is 6.67. The summed E-state index contributed by atoms with van der Waals surface area (Å²) in [5.41, 5.74) is 0.688. The Morgan fingerprint density at radius 3 is 2.24 bits per heavy atom. The van der Waals surface area contributed by atoms with Gasteiger partial charge in [-0.15, -0.1) is 0 Å². The van der Waals surface area contributed by atoms with Gasteiger partial charge in [0.2, 0.25) is 12.4 Å². The zero-order valence-electron chi connectivity index (χ0n) is 19.1. The van der Waals surface area contributed by atoms with Crippen molar-refractivity contribution in [1.29, 1.82) is 0 Å². The molecule has 0 aromatic heterocycles. The molecule has 4 atom stereocenters. The Labute approximate surface area is 192 Å². The zero-order chi connectivity index (χ0) is 24.4. The first-order chi connectivity index (χ1) is 15.7. The van der Waals surface area contributed by atoms with Gasteiger partial charge in [0.25, 0.3) is 0 Å². The number of hydrogen-bond acceptors (Lipinski definition) is 9. The fraction of sp³-hybridized carbons (Fsp3) is 0.500. The van der Waals surface area contributed by atoms with Crippen molar-refractivity contribution < 1.29 is 42.9 Å². The molecule has 0 radical (unpaired) electrons. The van der Waals surface area contributed by atoms with E-state index in [-0.39, 0.29) is 12.2 Å². The van der Waals surface area contributed by atoms with Crippen molar-refractivity contribution in [3.05, 3.63) is 35.4 Å². The fourth-order valence-corrected chi connectivity index (χ4v) is 3.13.